The van der Waals surface area contributed by atoms with Crippen LogP contribution in [0, 0.1) is 0 Å². The van der Waals surface area contributed by atoms with Crippen LogP contribution >= 0.6 is 0 Å². The molecule has 3 nitrogen and oxygen atoms in total. The Kier molecular flexibility index (Phi) is 3.94. The van der Waals surface area contributed by atoms with Gasteiger partial charge in [0.15, 0.2) is 6.29 Å². The van der Waals surface area contributed by atoms with E-state index >= 15 is 0 Å². The molecule has 0 aromatic heterocycles. The Bertz CT molecular complexity index is 326. The molecule has 86 valence electrons. The van der Waals surface area contributed by atoms with Gasteiger partial charge in [-0.25, -0.2) is 0 Å². The van der Waals surface area contributed by atoms with Crippen molar-refractivity contribution in [2.45, 2.75) is 32.0 Å². The van der Waals surface area contributed by atoms with Gasteiger partial charge in [-0.15, -0.1) is 0 Å². The Balaban J connectivity index is 1.90. The van der Waals surface area contributed by atoms with Crippen LogP contribution in [0.3, 0.4) is 0 Å². The monoisotopic (exact) mass is 220 g/mol. The number of hydrogen-bond donors (Lipinski definition) is 0. The lowest BCUT2D eigenvalue weighted by molar-refractivity contribution is -0.107. The molecular weight excluding hydrogens is 204 g/mol. The third kappa shape index (κ3) is 3.07. The van der Waals surface area contributed by atoms with Gasteiger partial charge in [0.05, 0.1) is 6.61 Å². The zero-order valence-electron chi connectivity index (χ0n) is 9.22. The summed E-state index contributed by atoms with van der Waals surface area (Å²) in [6.07, 6.45) is 4.49. The fourth-order valence-corrected chi connectivity index (χ4v) is 1.76. The Morgan fingerprint density at radius 2 is 2.12 bits per heavy atom. The van der Waals surface area contributed by atoms with Crippen molar-refractivity contribution >= 4 is 6.29 Å². The molecule has 1 fully saturated rings. The maximum absolute atomic E-state index is 10.3. The Labute approximate surface area is 95.4 Å². The number of aldehydes is 1. The molecule has 16 heavy (non-hydrogen) atoms. The summed E-state index contributed by atoms with van der Waals surface area (Å²) in [4.78, 5) is 10.3. The molecule has 1 saturated heterocycles. The molecule has 3 heteroatoms. The fraction of sp³-hybridized carbons (Fsp3) is 0.462. The van der Waals surface area contributed by atoms with E-state index in [1.165, 1.54) is 0 Å². The van der Waals surface area contributed by atoms with Gasteiger partial charge in [-0.3, -0.25) is 0 Å². The van der Waals surface area contributed by atoms with Crippen molar-refractivity contribution in [3.63, 3.8) is 0 Å². The first-order chi connectivity index (χ1) is 7.88. The van der Waals surface area contributed by atoms with Crippen LogP contribution in [0.5, 0.6) is 5.75 Å². The summed E-state index contributed by atoms with van der Waals surface area (Å²) in [6.45, 7) is 0.786. The van der Waals surface area contributed by atoms with E-state index in [4.69, 9.17) is 9.47 Å². The molecule has 0 amide bonds. The molecule has 0 spiro atoms. The minimum Gasteiger partial charge on any atom is -0.465 e. The minimum atomic E-state index is -0.106. The molecule has 1 atom stereocenters. The maximum Gasteiger partial charge on any atom is 0.199 e. The van der Waals surface area contributed by atoms with Gasteiger partial charge in [-0.1, -0.05) is 12.1 Å². The number of carbonyl (C=O) groups excluding carboxylic acids is 1. The van der Waals surface area contributed by atoms with Gasteiger partial charge in [0.2, 0.25) is 0 Å². The van der Waals surface area contributed by atoms with Crippen LogP contribution in [-0.4, -0.2) is 19.2 Å². The van der Waals surface area contributed by atoms with Crippen molar-refractivity contribution in [1.82, 2.24) is 0 Å². The third-order valence-electron chi connectivity index (χ3n) is 2.65. The number of ether oxygens (including phenoxy) is 2. The summed E-state index contributed by atoms with van der Waals surface area (Å²) in [6, 6.07) is 7.59. The summed E-state index contributed by atoms with van der Waals surface area (Å²) in [5.41, 5.74) is 1.01. The predicted molar refractivity (Wildman–Crippen MR) is 60.4 cm³/mol. The van der Waals surface area contributed by atoms with E-state index in [1.54, 1.807) is 0 Å². The highest BCUT2D eigenvalue weighted by Gasteiger charge is 2.14. The summed E-state index contributed by atoms with van der Waals surface area (Å²) in [7, 11) is 0. The molecule has 0 N–H and O–H groups in total. The molecule has 1 aromatic rings. The van der Waals surface area contributed by atoms with Crippen LogP contribution in [0.1, 0.15) is 24.8 Å². The van der Waals surface area contributed by atoms with Gasteiger partial charge in [-0.2, -0.15) is 0 Å². The smallest absolute Gasteiger partial charge is 0.199 e. The average Bonchev–Trinajstić information content (AvgIpc) is 2.33. The summed E-state index contributed by atoms with van der Waals surface area (Å²) >= 11 is 0. The Morgan fingerprint density at radius 1 is 1.31 bits per heavy atom. The Morgan fingerprint density at radius 3 is 2.75 bits per heavy atom. The zero-order valence-corrected chi connectivity index (χ0v) is 9.22. The van der Waals surface area contributed by atoms with Crippen LogP contribution in [0.2, 0.25) is 0 Å². The van der Waals surface area contributed by atoms with Crippen LogP contribution in [0.15, 0.2) is 24.3 Å². The molecule has 2 rings (SSSR count). The molecule has 0 saturated carbocycles. The normalized spacial score (nSPS) is 20.4. The highest BCUT2D eigenvalue weighted by atomic mass is 16.7. The molecule has 1 unspecified atom stereocenters. The second kappa shape index (κ2) is 5.66. The minimum absolute atomic E-state index is 0.106. The van der Waals surface area contributed by atoms with Crippen LogP contribution < -0.4 is 4.74 Å². The molecule has 0 radical (unpaired) electrons. The summed E-state index contributed by atoms with van der Waals surface area (Å²) < 4.78 is 11.2. The first kappa shape index (κ1) is 11.1. The number of benzene rings is 1. The lowest BCUT2D eigenvalue weighted by Gasteiger charge is -2.23. The van der Waals surface area contributed by atoms with Crippen molar-refractivity contribution in [2.24, 2.45) is 0 Å². The second-order valence-electron chi connectivity index (χ2n) is 3.93. The van der Waals surface area contributed by atoms with Crippen molar-refractivity contribution in [3.8, 4) is 5.75 Å². The molecule has 1 aromatic carbocycles. The fourth-order valence-electron chi connectivity index (χ4n) is 1.76. The van der Waals surface area contributed by atoms with E-state index in [2.05, 4.69) is 0 Å². The SMILES string of the molecule is O=CCc1ccc(OC2CCCCO2)cc1. The number of hydrogen-bond acceptors (Lipinski definition) is 3. The first-order valence-corrected chi connectivity index (χ1v) is 5.69. The van der Waals surface area contributed by atoms with E-state index in [1.807, 2.05) is 24.3 Å². The molecule has 0 aliphatic carbocycles. The highest BCUT2D eigenvalue weighted by molar-refractivity contribution is 5.55. The van der Waals surface area contributed by atoms with E-state index < -0.39 is 0 Å². The van der Waals surface area contributed by atoms with E-state index in [0.29, 0.717) is 6.42 Å². The maximum atomic E-state index is 10.3. The largest absolute Gasteiger partial charge is 0.465 e. The van der Waals surface area contributed by atoms with Gasteiger partial charge in [0.25, 0.3) is 0 Å². The van der Waals surface area contributed by atoms with Crippen molar-refractivity contribution < 1.29 is 14.3 Å². The van der Waals surface area contributed by atoms with Gasteiger partial charge in [-0.05, 0) is 30.5 Å². The van der Waals surface area contributed by atoms with Gasteiger partial charge >= 0.3 is 0 Å². The van der Waals surface area contributed by atoms with E-state index in [9.17, 15) is 4.79 Å². The van der Waals surface area contributed by atoms with E-state index in [-0.39, 0.29) is 6.29 Å². The lowest BCUT2D eigenvalue weighted by atomic mass is 10.1. The van der Waals surface area contributed by atoms with Crippen molar-refractivity contribution in [3.05, 3.63) is 29.8 Å². The topological polar surface area (TPSA) is 35.5 Å². The highest BCUT2D eigenvalue weighted by Crippen LogP contribution is 2.19. The van der Waals surface area contributed by atoms with Crippen LogP contribution in [0.4, 0.5) is 0 Å². The van der Waals surface area contributed by atoms with Gasteiger partial charge in [0, 0.05) is 12.8 Å². The Hall–Kier alpha value is -1.35. The lowest BCUT2D eigenvalue weighted by Crippen LogP contribution is -2.24. The van der Waals surface area contributed by atoms with E-state index in [0.717, 1.165) is 43.5 Å². The standard InChI is InChI=1S/C13H16O3/c14-9-8-11-4-6-12(7-5-11)16-13-3-1-2-10-15-13/h4-7,9,13H,1-3,8,10H2. The quantitative estimate of drug-likeness (QED) is 0.730. The molecular formula is C13H16O3. The molecule has 1 aliphatic rings. The first-order valence-electron chi connectivity index (χ1n) is 5.69. The van der Waals surface area contributed by atoms with Gasteiger partial charge < -0.3 is 14.3 Å². The number of carbonyl (C=O) groups is 1. The van der Waals surface area contributed by atoms with Crippen molar-refractivity contribution in [1.29, 1.82) is 0 Å². The van der Waals surface area contributed by atoms with Gasteiger partial charge in [0.1, 0.15) is 12.0 Å². The summed E-state index contributed by atoms with van der Waals surface area (Å²) in [5, 5.41) is 0. The number of rotatable bonds is 4. The second-order valence-corrected chi connectivity index (χ2v) is 3.93. The molecule has 0 bridgehead atoms. The molecule has 1 heterocycles. The zero-order chi connectivity index (χ0) is 11.2. The van der Waals surface area contributed by atoms with Crippen LogP contribution in [-0.2, 0) is 16.0 Å². The van der Waals surface area contributed by atoms with Crippen LogP contribution in [0.25, 0.3) is 0 Å². The average molecular weight is 220 g/mol. The third-order valence-corrected chi connectivity index (χ3v) is 2.65. The predicted octanol–water partition coefficient (Wildman–Crippen LogP) is 2.33. The molecule has 1 aliphatic heterocycles. The summed E-state index contributed by atoms with van der Waals surface area (Å²) in [5.74, 6) is 0.807. The van der Waals surface area contributed by atoms with Crippen molar-refractivity contribution in [2.75, 3.05) is 6.61 Å².